The standard InChI is InChI=1S/C21H15ClFN3O7S3/c22-18-5-6-19(34-18)36(32,33)10-13(27)7-11-1-4-17(15(23)8-11)26-20(28)14-9-12(25-35(30)31)2-3-16(14)24-21(26)29/h1-6,8-9,25H,7,10H2,(H,24,29)(H,30,31). The number of thiophene rings is 1. The quantitative estimate of drug-likeness (QED) is 0.275. The van der Waals surface area contributed by atoms with Crippen molar-refractivity contribution in [3.05, 3.63) is 85.1 Å². The highest BCUT2D eigenvalue weighted by Crippen LogP contribution is 2.26. The number of H-pyrrole nitrogens is 1. The number of Topliss-reactive ketones (excluding diaryl/α,β-unsaturated/α-hetero) is 1. The molecule has 188 valence electrons. The number of fused-ring (bicyclic) bond motifs is 1. The highest BCUT2D eigenvalue weighted by Gasteiger charge is 2.22. The average Bonchev–Trinajstić information content (AvgIpc) is 3.22. The van der Waals surface area contributed by atoms with Gasteiger partial charge in [-0.2, -0.15) is 0 Å². The zero-order valence-corrected chi connectivity index (χ0v) is 21.1. The highest BCUT2D eigenvalue weighted by atomic mass is 35.5. The number of rotatable bonds is 8. The van der Waals surface area contributed by atoms with Crippen molar-refractivity contribution in [3.63, 3.8) is 0 Å². The summed E-state index contributed by atoms with van der Waals surface area (Å²) in [7, 11) is -3.90. The summed E-state index contributed by atoms with van der Waals surface area (Å²) in [6.07, 6.45) is -0.397. The van der Waals surface area contributed by atoms with Gasteiger partial charge < -0.3 is 4.98 Å². The molecule has 10 nitrogen and oxygen atoms in total. The molecule has 2 heterocycles. The number of hydrogen-bond acceptors (Lipinski definition) is 7. The molecule has 1 atom stereocenters. The summed E-state index contributed by atoms with van der Waals surface area (Å²) in [5.41, 5.74) is -1.82. The number of carbonyl (C=O) groups excluding carboxylic acids is 1. The molecule has 36 heavy (non-hydrogen) atoms. The van der Waals surface area contributed by atoms with Gasteiger partial charge >= 0.3 is 5.69 Å². The van der Waals surface area contributed by atoms with Crippen molar-refractivity contribution in [1.29, 1.82) is 0 Å². The second kappa shape index (κ2) is 10.1. The van der Waals surface area contributed by atoms with Gasteiger partial charge in [-0.25, -0.2) is 26.4 Å². The lowest BCUT2D eigenvalue weighted by molar-refractivity contribution is -0.116. The van der Waals surface area contributed by atoms with E-state index in [9.17, 15) is 31.4 Å². The molecule has 0 spiro atoms. The number of aromatic nitrogens is 2. The van der Waals surface area contributed by atoms with Crippen molar-refractivity contribution in [3.8, 4) is 5.69 Å². The molecule has 0 aliphatic rings. The molecule has 1 unspecified atom stereocenters. The van der Waals surface area contributed by atoms with Gasteiger partial charge in [0.1, 0.15) is 15.8 Å². The molecule has 4 aromatic rings. The zero-order chi connectivity index (χ0) is 26.2. The Morgan fingerprint density at radius 2 is 1.92 bits per heavy atom. The van der Waals surface area contributed by atoms with Crippen LogP contribution in [0.25, 0.3) is 16.6 Å². The number of sulfone groups is 1. The topological polar surface area (TPSA) is 155 Å². The molecule has 3 N–H and O–H groups in total. The van der Waals surface area contributed by atoms with E-state index in [4.69, 9.17) is 16.2 Å². The first-order valence-corrected chi connectivity index (χ1v) is 13.8. The Morgan fingerprint density at radius 1 is 1.17 bits per heavy atom. The maximum Gasteiger partial charge on any atom is 0.333 e. The van der Waals surface area contributed by atoms with Gasteiger partial charge in [-0.05, 0) is 48.0 Å². The van der Waals surface area contributed by atoms with Gasteiger partial charge in [0.2, 0.25) is 0 Å². The smallest absolute Gasteiger partial charge is 0.306 e. The molecule has 0 radical (unpaired) electrons. The SMILES string of the molecule is O=C(Cc1ccc(-n2c(=O)[nH]c3ccc(NS(=O)O)cc3c2=O)c(F)c1)CS(=O)(=O)c1ccc(Cl)s1. The van der Waals surface area contributed by atoms with E-state index >= 15 is 0 Å². The summed E-state index contributed by atoms with van der Waals surface area (Å²) < 4.78 is 62.6. The van der Waals surface area contributed by atoms with E-state index in [0.29, 0.717) is 4.57 Å². The number of benzene rings is 2. The summed E-state index contributed by atoms with van der Waals surface area (Å²) in [5, 5.41) is -0.0532. The predicted octanol–water partition coefficient (Wildman–Crippen LogP) is 2.67. The third kappa shape index (κ3) is 5.47. The van der Waals surface area contributed by atoms with Crippen LogP contribution in [0.4, 0.5) is 10.1 Å². The lowest BCUT2D eigenvalue weighted by atomic mass is 10.1. The van der Waals surface area contributed by atoms with Crippen molar-refractivity contribution in [2.45, 2.75) is 10.6 Å². The van der Waals surface area contributed by atoms with Crippen LogP contribution in [0, 0.1) is 5.82 Å². The molecule has 0 saturated carbocycles. The minimum atomic E-state index is -3.90. The van der Waals surface area contributed by atoms with Crippen LogP contribution in [0.5, 0.6) is 0 Å². The van der Waals surface area contributed by atoms with E-state index in [1.165, 1.54) is 36.4 Å². The zero-order valence-electron chi connectivity index (χ0n) is 17.9. The van der Waals surface area contributed by atoms with Crippen molar-refractivity contribution < 1.29 is 26.4 Å². The van der Waals surface area contributed by atoms with Gasteiger partial charge in [0, 0.05) is 12.1 Å². The first kappa shape index (κ1) is 25.9. The number of ketones is 1. The van der Waals surface area contributed by atoms with Crippen molar-refractivity contribution in [1.82, 2.24) is 9.55 Å². The van der Waals surface area contributed by atoms with Crippen LogP contribution in [-0.2, 0) is 32.3 Å². The number of carbonyl (C=O) groups is 1. The third-order valence-electron chi connectivity index (χ3n) is 4.96. The van der Waals surface area contributed by atoms with E-state index in [1.54, 1.807) is 0 Å². The largest absolute Gasteiger partial charge is 0.333 e. The van der Waals surface area contributed by atoms with Crippen LogP contribution in [-0.4, -0.2) is 38.3 Å². The molecular weight excluding hydrogens is 557 g/mol. The Hall–Kier alpha value is -3.17. The van der Waals surface area contributed by atoms with E-state index < -0.39 is 61.8 Å². The number of nitrogens with one attached hydrogen (secondary N) is 2. The summed E-state index contributed by atoms with van der Waals surface area (Å²) >= 11 is 4.17. The molecule has 0 amide bonds. The number of nitrogens with zero attached hydrogens (tertiary/aromatic N) is 1. The second-order valence-corrected chi connectivity index (χ2v) is 12.1. The van der Waals surface area contributed by atoms with E-state index in [1.807, 2.05) is 0 Å². The van der Waals surface area contributed by atoms with Crippen LogP contribution in [0.2, 0.25) is 4.34 Å². The van der Waals surface area contributed by atoms with E-state index in [-0.39, 0.29) is 30.7 Å². The van der Waals surface area contributed by atoms with Gasteiger partial charge in [0.25, 0.3) is 16.8 Å². The molecule has 4 rings (SSSR count). The second-order valence-electron chi connectivity index (χ2n) is 7.50. The lowest BCUT2D eigenvalue weighted by Crippen LogP contribution is -2.34. The van der Waals surface area contributed by atoms with Crippen LogP contribution in [0.15, 0.2) is 62.3 Å². The summed E-state index contributed by atoms with van der Waals surface area (Å²) in [6.45, 7) is 0. The van der Waals surface area contributed by atoms with Crippen LogP contribution in [0.1, 0.15) is 5.56 Å². The maximum atomic E-state index is 15.0. The summed E-state index contributed by atoms with van der Waals surface area (Å²) in [6, 6.07) is 10.0. The molecule has 0 saturated heterocycles. The number of aromatic amines is 1. The predicted molar refractivity (Wildman–Crippen MR) is 135 cm³/mol. The van der Waals surface area contributed by atoms with Crippen LogP contribution >= 0.6 is 22.9 Å². The Labute approximate surface area is 213 Å². The Balaban J connectivity index is 1.63. The van der Waals surface area contributed by atoms with Gasteiger partial charge in [-0.3, -0.25) is 18.9 Å². The molecule has 2 aromatic carbocycles. The van der Waals surface area contributed by atoms with Crippen LogP contribution < -0.4 is 16.0 Å². The Bertz CT molecular complexity index is 1760. The minimum Gasteiger partial charge on any atom is -0.306 e. The molecule has 0 fully saturated rings. The monoisotopic (exact) mass is 571 g/mol. The van der Waals surface area contributed by atoms with Gasteiger partial charge in [0.05, 0.1) is 20.9 Å². The fourth-order valence-corrected chi connectivity index (χ4v) is 6.61. The molecule has 2 aromatic heterocycles. The Morgan fingerprint density at radius 3 is 2.56 bits per heavy atom. The first-order valence-electron chi connectivity index (χ1n) is 9.90. The Kier molecular flexibility index (Phi) is 7.24. The van der Waals surface area contributed by atoms with Crippen molar-refractivity contribution >= 4 is 66.4 Å². The fraction of sp³-hybridized carbons (Fsp3) is 0.0952. The van der Waals surface area contributed by atoms with E-state index in [0.717, 1.165) is 23.5 Å². The summed E-state index contributed by atoms with van der Waals surface area (Å²) in [4.78, 5) is 40.3. The molecule has 0 aliphatic carbocycles. The van der Waals surface area contributed by atoms with Crippen molar-refractivity contribution in [2.24, 2.45) is 0 Å². The van der Waals surface area contributed by atoms with E-state index in [2.05, 4.69) is 9.71 Å². The molecule has 0 aliphatic heterocycles. The van der Waals surface area contributed by atoms with Crippen molar-refractivity contribution in [2.75, 3.05) is 10.5 Å². The third-order valence-corrected chi connectivity index (χ3v) is 8.86. The normalized spacial score (nSPS) is 12.5. The van der Waals surface area contributed by atoms with Gasteiger partial charge in [-0.15, -0.1) is 11.3 Å². The van der Waals surface area contributed by atoms with Crippen LogP contribution in [0.3, 0.4) is 0 Å². The molecule has 15 heteroatoms. The maximum absolute atomic E-state index is 15.0. The molecule has 0 bridgehead atoms. The number of anilines is 1. The lowest BCUT2D eigenvalue weighted by Gasteiger charge is -2.10. The van der Waals surface area contributed by atoms with Gasteiger partial charge in [0.15, 0.2) is 15.6 Å². The highest BCUT2D eigenvalue weighted by molar-refractivity contribution is 7.94. The fourth-order valence-electron chi connectivity index (χ4n) is 3.47. The number of hydrogen-bond donors (Lipinski definition) is 3. The average molecular weight is 572 g/mol. The number of halogens is 2. The molecular formula is C21H15ClFN3O7S3. The van der Waals surface area contributed by atoms with Gasteiger partial charge in [-0.1, -0.05) is 17.7 Å². The summed E-state index contributed by atoms with van der Waals surface area (Å²) in [5.74, 6) is -2.48. The minimum absolute atomic E-state index is 0.0532. The first-order chi connectivity index (χ1) is 16.9.